The van der Waals surface area contributed by atoms with Crippen LogP contribution < -0.4 is 16.0 Å². The Morgan fingerprint density at radius 3 is 1.85 bits per heavy atom. The van der Waals surface area contributed by atoms with Gasteiger partial charge in [-0.15, -0.1) is 11.8 Å². The number of carbonyl (C=O) groups is 2. The zero-order valence-electron chi connectivity index (χ0n) is 16.3. The number of nitrogens with zero attached hydrogens (tertiary/aromatic N) is 1. The number of carbonyl (C=O) groups excluding carboxylic acids is 2. The van der Waals surface area contributed by atoms with Gasteiger partial charge in [0.15, 0.2) is 6.29 Å². The Balaban J connectivity index is 2.82. The Morgan fingerprint density at radius 2 is 1.50 bits per heavy atom. The van der Waals surface area contributed by atoms with Crippen molar-refractivity contribution in [1.29, 1.82) is 0 Å². The van der Waals surface area contributed by atoms with E-state index in [0.29, 0.717) is 5.82 Å². The molecule has 0 aromatic carbocycles. The van der Waals surface area contributed by atoms with Gasteiger partial charge in [-0.1, -0.05) is 0 Å². The average molecular weight is 385 g/mol. The topological polar surface area (TPSA) is 102 Å². The third kappa shape index (κ3) is 9.36. The second-order valence-corrected chi connectivity index (χ2v) is 8.33. The van der Waals surface area contributed by atoms with Crippen molar-refractivity contribution in [3.8, 4) is 0 Å². The lowest BCUT2D eigenvalue weighted by molar-refractivity contribution is 0.0439. The average Bonchev–Trinajstić information content (AvgIpc) is 2.43. The number of pyridine rings is 1. The van der Waals surface area contributed by atoms with Crippen molar-refractivity contribution in [3.63, 3.8) is 0 Å². The van der Waals surface area contributed by atoms with E-state index in [0.717, 1.165) is 4.90 Å². The van der Waals surface area contributed by atoms with E-state index in [1.165, 1.54) is 0 Å². The number of nitrogens with one attached hydrogen (secondary N) is 3. The van der Waals surface area contributed by atoms with Crippen LogP contribution in [-0.2, 0) is 9.47 Å². The quantitative estimate of drug-likeness (QED) is 0.527. The van der Waals surface area contributed by atoms with E-state index >= 15 is 0 Å². The van der Waals surface area contributed by atoms with Crippen molar-refractivity contribution in [2.75, 3.05) is 11.6 Å². The van der Waals surface area contributed by atoms with E-state index in [1.54, 1.807) is 65.6 Å². The molecule has 3 N–H and O–H groups in total. The first-order valence-electron chi connectivity index (χ1n) is 8.13. The molecule has 8 nitrogen and oxygen atoms in total. The van der Waals surface area contributed by atoms with Crippen LogP contribution in [0, 0.1) is 0 Å². The Labute approximate surface area is 158 Å². The zero-order valence-corrected chi connectivity index (χ0v) is 17.1. The van der Waals surface area contributed by atoms with Crippen LogP contribution in [0.1, 0.15) is 41.5 Å². The first-order chi connectivity index (χ1) is 11.9. The highest BCUT2D eigenvalue weighted by atomic mass is 32.2. The fraction of sp³-hybridized carbons (Fsp3) is 0.588. The van der Waals surface area contributed by atoms with Crippen LogP contribution >= 0.6 is 11.8 Å². The molecule has 2 amide bonds. The lowest BCUT2D eigenvalue weighted by atomic mass is 10.2. The van der Waals surface area contributed by atoms with Crippen molar-refractivity contribution in [2.45, 2.75) is 63.9 Å². The molecule has 1 aromatic rings. The second-order valence-electron chi connectivity index (χ2n) is 7.45. The number of hydrogen-bond donors (Lipinski definition) is 3. The normalized spacial score (nSPS) is 11.7. The summed E-state index contributed by atoms with van der Waals surface area (Å²) in [4.78, 5) is 29.3. The number of aromatic nitrogens is 1. The minimum atomic E-state index is -0.965. The van der Waals surface area contributed by atoms with Crippen LogP contribution in [0.4, 0.5) is 15.4 Å². The van der Waals surface area contributed by atoms with Crippen LogP contribution in [0.15, 0.2) is 23.2 Å². The van der Waals surface area contributed by atoms with Crippen molar-refractivity contribution in [3.05, 3.63) is 18.3 Å². The Kier molecular flexibility index (Phi) is 7.55. The summed E-state index contributed by atoms with van der Waals surface area (Å²) < 4.78 is 10.4. The molecule has 1 heterocycles. The molecule has 0 bridgehead atoms. The maximum absolute atomic E-state index is 12.0. The number of rotatable bonds is 5. The first-order valence-corrected chi connectivity index (χ1v) is 9.36. The first kappa shape index (κ1) is 21.9. The lowest BCUT2D eigenvalue weighted by Crippen LogP contribution is -2.54. The lowest BCUT2D eigenvalue weighted by Gasteiger charge is -2.26. The summed E-state index contributed by atoms with van der Waals surface area (Å²) >= 11 is 1.56. The van der Waals surface area contributed by atoms with Crippen LogP contribution in [0.3, 0.4) is 0 Å². The van der Waals surface area contributed by atoms with E-state index < -0.39 is 29.7 Å². The van der Waals surface area contributed by atoms with Gasteiger partial charge < -0.3 is 14.8 Å². The molecule has 1 aromatic heterocycles. The number of alkyl carbamates (subject to hydrolysis) is 2. The minimum Gasteiger partial charge on any atom is -0.444 e. The van der Waals surface area contributed by atoms with Gasteiger partial charge in [-0.25, -0.2) is 14.6 Å². The molecule has 0 aliphatic carbocycles. The summed E-state index contributed by atoms with van der Waals surface area (Å²) in [5.41, 5.74) is -1.34. The summed E-state index contributed by atoms with van der Waals surface area (Å²) in [6, 6.07) is 3.62. The fourth-order valence-electron chi connectivity index (χ4n) is 1.69. The SMILES string of the molecule is CSc1ccc(NC(NC(=O)OC(C)(C)C)NC(=O)OC(C)(C)C)nc1. The Hall–Kier alpha value is -2.16. The van der Waals surface area contributed by atoms with Crippen molar-refractivity contribution in [1.82, 2.24) is 15.6 Å². The van der Waals surface area contributed by atoms with Crippen LogP contribution in [0.2, 0.25) is 0 Å². The summed E-state index contributed by atoms with van der Waals surface area (Å²) in [5, 5.41) is 8.00. The monoisotopic (exact) mass is 384 g/mol. The molecule has 0 radical (unpaired) electrons. The zero-order chi connectivity index (χ0) is 20.0. The van der Waals surface area contributed by atoms with Gasteiger partial charge >= 0.3 is 12.2 Å². The highest BCUT2D eigenvalue weighted by Crippen LogP contribution is 2.15. The van der Waals surface area contributed by atoms with E-state index in [2.05, 4.69) is 20.9 Å². The third-order valence-corrected chi connectivity index (χ3v) is 3.30. The molecule has 0 unspecified atom stereocenters. The predicted octanol–water partition coefficient (Wildman–Crippen LogP) is 3.55. The van der Waals surface area contributed by atoms with Crippen LogP contribution in [-0.4, -0.2) is 40.9 Å². The summed E-state index contributed by atoms with van der Waals surface area (Å²) in [6.07, 6.45) is 1.29. The molecule has 146 valence electrons. The maximum Gasteiger partial charge on any atom is 0.410 e. The van der Waals surface area contributed by atoms with Gasteiger partial charge in [0.1, 0.15) is 17.0 Å². The molecule has 0 saturated carbocycles. The predicted molar refractivity (Wildman–Crippen MR) is 102 cm³/mol. The molecule has 0 saturated heterocycles. The Bertz CT molecular complexity index is 579. The smallest absolute Gasteiger partial charge is 0.410 e. The molecular weight excluding hydrogens is 356 g/mol. The molecule has 0 aliphatic heterocycles. The number of amides is 2. The third-order valence-electron chi connectivity index (χ3n) is 2.59. The fourth-order valence-corrected chi connectivity index (χ4v) is 2.06. The summed E-state index contributed by atoms with van der Waals surface area (Å²) in [7, 11) is 0. The maximum atomic E-state index is 12.0. The molecule has 26 heavy (non-hydrogen) atoms. The highest BCUT2D eigenvalue weighted by Gasteiger charge is 2.23. The molecule has 9 heteroatoms. The van der Waals surface area contributed by atoms with Gasteiger partial charge in [-0.05, 0) is 59.9 Å². The molecule has 0 atom stereocenters. The van der Waals surface area contributed by atoms with Crippen LogP contribution in [0.25, 0.3) is 0 Å². The largest absolute Gasteiger partial charge is 0.444 e. The van der Waals surface area contributed by atoms with Gasteiger partial charge in [0.05, 0.1) is 0 Å². The molecule has 0 spiro atoms. The van der Waals surface area contributed by atoms with Crippen molar-refractivity contribution < 1.29 is 19.1 Å². The van der Waals surface area contributed by atoms with Crippen molar-refractivity contribution >= 4 is 29.8 Å². The van der Waals surface area contributed by atoms with Crippen LogP contribution in [0.5, 0.6) is 0 Å². The van der Waals surface area contributed by atoms with Gasteiger partial charge in [0.25, 0.3) is 0 Å². The Morgan fingerprint density at radius 1 is 1.00 bits per heavy atom. The van der Waals surface area contributed by atoms with E-state index in [1.807, 2.05) is 12.3 Å². The molecular formula is C17H28N4O4S. The van der Waals surface area contributed by atoms with E-state index in [-0.39, 0.29) is 0 Å². The number of hydrogen-bond acceptors (Lipinski definition) is 7. The van der Waals surface area contributed by atoms with Gasteiger partial charge in [-0.3, -0.25) is 10.6 Å². The summed E-state index contributed by atoms with van der Waals surface area (Å²) in [6.45, 7) is 10.5. The van der Waals surface area contributed by atoms with Gasteiger partial charge in [-0.2, -0.15) is 0 Å². The molecule has 0 fully saturated rings. The minimum absolute atomic E-state index is 0.472. The number of thioether (sulfide) groups is 1. The molecule has 0 aliphatic rings. The molecule has 1 rings (SSSR count). The van der Waals surface area contributed by atoms with E-state index in [4.69, 9.17) is 9.47 Å². The highest BCUT2D eigenvalue weighted by molar-refractivity contribution is 7.98. The van der Waals surface area contributed by atoms with E-state index in [9.17, 15) is 9.59 Å². The van der Waals surface area contributed by atoms with Crippen molar-refractivity contribution in [2.24, 2.45) is 0 Å². The van der Waals surface area contributed by atoms with Gasteiger partial charge in [0, 0.05) is 11.1 Å². The standard InChI is InChI=1S/C17H28N4O4S/c1-16(2,3)24-14(22)20-13(21-15(23)25-17(4,5)6)19-12-9-8-11(26-7)10-18-12/h8-10,13H,1-7H3,(H,18,19)(H,20,22)(H,21,23). The van der Waals surface area contributed by atoms with Gasteiger partial charge in [0.2, 0.25) is 0 Å². The number of ether oxygens (including phenoxy) is 2. The summed E-state index contributed by atoms with van der Waals surface area (Å²) in [5.74, 6) is 0.472. The second kappa shape index (κ2) is 8.98. The number of anilines is 1.